The van der Waals surface area contributed by atoms with Gasteiger partial charge in [-0.05, 0) is 62.7 Å². The van der Waals surface area contributed by atoms with E-state index in [1.807, 2.05) is 98.1 Å². The number of carbonyl (C=O) groups is 1. The Labute approximate surface area is 193 Å². The van der Waals surface area contributed by atoms with Crippen molar-refractivity contribution in [1.82, 2.24) is 14.9 Å². The van der Waals surface area contributed by atoms with Crippen molar-refractivity contribution in [1.29, 1.82) is 0 Å². The first-order valence-corrected chi connectivity index (χ1v) is 11.1. The maximum atomic E-state index is 12.8. The number of nitrogens with one attached hydrogen (secondary N) is 1. The number of carbonyl (C=O) groups excluding carboxylic acids is 1. The van der Waals surface area contributed by atoms with Crippen LogP contribution in [0.5, 0.6) is 5.75 Å². The molecule has 1 amide bonds. The molecule has 1 heterocycles. The molecule has 0 aliphatic rings. The van der Waals surface area contributed by atoms with E-state index >= 15 is 0 Å². The summed E-state index contributed by atoms with van der Waals surface area (Å²) in [7, 11) is 0. The predicted octanol–water partition coefficient (Wildman–Crippen LogP) is 4.58. The average Bonchev–Trinajstić information content (AvgIpc) is 3.17. The van der Waals surface area contributed by atoms with Crippen LogP contribution in [0.25, 0.3) is 11.0 Å². The number of fused-ring (bicyclic) bond motifs is 1. The van der Waals surface area contributed by atoms with Crippen LogP contribution >= 0.6 is 0 Å². The van der Waals surface area contributed by atoms with E-state index in [0.717, 1.165) is 27.9 Å². The molecule has 0 saturated heterocycles. The monoisotopic (exact) mass is 443 g/mol. The first-order valence-electron chi connectivity index (χ1n) is 11.1. The third-order valence-electron chi connectivity index (χ3n) is 5.56. The molecular weight excluding hydrogens is 414 g/mol. The summed E-state index contributed by atoms with van der Waals surface area (Å²) >= 11 is 0. The number of hydrogen-bond acceptors (Lipinski definition) is 4. The van der Waals surface area contributed by atoms with Crippen molar-refractivity contribution in [3.8, 4) is 5.75 Å². The average molecular weight is 444 g/mol. The van der Waals surface area contributed by atoms with Crippen molar-refractivity contribution < 1.29 is 14.6 Å². The maximum Gasteiger partial charge on any atom is 0.251 e. The van der Waals surface area contributed by atoms with Crippen molar-refractivity contribution in [2.24, 2.45) is 0 Å². The van der Waals surface area contributed by atoms with Gasteiger partial charge in [0.2, 0.25) is 0 Å². The van der Waals surface area contributed by atoms with Crippen molar-refractivity contribution >= 4 is 16.9 Å². The topological polar surface area (TPSA) is 76.4 Å². The summed E-state index contributed by atoms with van der Waals surface area (Å²) in [4.78, 5) is 17.5. The number of aliphatic hydroxyl groups is 1. The Morgan fingerprint density at radius 3 is 2.55 bits per heavy atom. The number of amides is 1. The molecule has 0 bridgehead atoms. The lowest BCUT2D eigenvalue weighted by Crippen LogP contribution is -2.31. The molecule has 0 saturated carbocycles. The predicted molar refractivity (Wildman–Crippen MR) is 129 cm³/mol. The van der Waals surface area contributed by atoms with Crippen LogP contribution in [-0.4, -0.2) is 33.3 Å². The van der Waals surface area contributed by atoms with Gasteiger partial charge in [0.1, 0.15) is 24.3 Å². The highest BCUT2D eigenvalue weighted by atomic mass is 16.5. The molecule has 6 nitrogen and oxygen atoms in total. The van der Waals surface area contributed by atoms with Gasteiger partial charge >= 0.3 is 0 Å². The van der Waals surface area contributed by atoms with Gasteiger partial charge in [-0.15, -0.1) is 0 Å². The highest BCUT2D eigenvalue weighted by Crippen LogP contribution is 2.22. The van der Waals surface area contributed by atoms with Crippen LogP contribution in [0.15, 0.2) is 72.8 Å². The van der Waals surface area contributed by atoms with Crippen molar-refractivity contribution in [2.75, 3.05) is 6.61 Å². The molecule has 0 aliphatic heterocycles. The molecule has 0 fully saturated rings. The number of nitrogens with zero attached hydrogens (tertiary/aromatic N) is 2. The standard InChI is InChI=1S/C27H29N3O3/c1-18-11-13-21(14-12-18)27(32)28-20(3)26-29-24-9-4-5-10-25(24)30(26)16-22(31)17-33-23-8-6-7-19(2)15-23/h4-15,20,22,31H,16-17H2,1-3H3,(H,28,32). The minimum absolute atomic E-state index is 0.152. The molecule has 6 heteroatoms. The molecule has 1 aromatic heterocycles. The summed E-state index contributed by atoms with van der Waals surface area (Å²) in [5.74, 6) is 1.25. The Balaban J connectivity index is 1.52. The lowest BCUT2D eigenvalue weighted by Gasteiger charge is -2.19. The number of rotatable bonds is 8. The van der Waals surface area contributed by atoms with Crippen molar-refractivity contribution in [3.63, 3.8) is 0 Å². The van der Waals surface area contributed by atoms with Gasteiger partial charge in [-0.3, -0.25) is 4.79 Å². The second-order valence-electron chi connectivity index (χ2n) is 8.41. The first-order chi connectivity index (χ1) is 15.9. The van der Waals surface area contributed by atoms with E-state index in [-0.39, 0.29) is 18.6 Å². The molecule has 0 radical (unpaired) electrons. The number of aliphatic hydroxyl groups excluding tert-OH is 1. The molecule has 3 aromatic carbocycles. The third kappa shape index (κ3) is 5.41. The normalized spacial score (nSPS) is 13.0. The van der Waals surface area contributed by atoms with Crippen LogP contribution < -0.4 is 10.1 Å². The molecular formula is C27H29N3O3. The van der Waals surface area contributed by atoms with Crippen LogP contribution in [0.4, 0.5) is 0 Å². The van der Waals surface area contributed by atoms with Gasteiger partial charge < -0.3 is 19.7 Å². The zero-order valence-electron chi connectivity index (χ0n) is 19.2. The van der Waals surface area contributed by atoms with Crippen LogP contribution in [0.2, 0.25) is 0 Å². The second-order valence-corrected chi connectivity index (χ2v) is 8.41. The van der Waals surface area contributed by atoms with E-state index in [1.165, 1.54) is 0 Å². The van der Waals surface area contributed by atoms with E-state index in [1.54, 1.807) is 0 Å². The lowest BCUT2D eigenvalue weighted by molar-refractivity contribution is 0.0906. The van der Waals surface area contributed by atoms with Crippen LogP contribution in [0.3, 0.4) is 0 Å². The fourth-order valence-corrected chi connectivity index (χ4v) is 3.83. The number of ether oxygens (including phenoxy) is 1. The van der Waals surface area contributed by atoms with E-state index in [9.17, 15) is 9.90 Å². The molecule has 0 aliphatic carbocycles. The molecule has 2 N–H and O–H groups in total. The summed E-state index contributed by atoms with van der Waals surface area (Å²) in [5.41, 5.74) is 4.52. The number of hydrogen-bond donors (Lipinski definition) is 2. The number of para-hydroxylation sites is 2. The summed E-state index contributed by atoms with van der Waals surface area (Å²) < 4.78 is 7.75. The largest absolute Gasteiger partial charge is 0.491 e. The third-order valence-corrected chi connectivity index (χ3v) is 5.56. The number of aryl methyl sites for hydroxylation is 2. The van der Waals surface area contributed by atoms with E-state index in [0.29, 0.717) is 17.9 Å². The Bertz CT molecular complexity index is 1250. The van der Waals surface area contributed by atoms with Gasteiger partial charge in [0.05, 0.1) is 23.6 Å². The molecule has 0 spiro atoms. The van der Waals surface area contributed by atoms with Gasteiger partial charge in [-0.25, -0.2) is 4.98 Å². The van der Waals surface area contributed by atoms with Gasteiger partial charge in [0, 0.05) is 5.56 Å². The highest BCUT2D eigenvalue weighted by Gasteiger charge is 2.21. The first kappa shape index (κ1) is 22.6. The molecule has 33 heavy (non-hydrogen) atoms. The van der Waals surface area contributed by atoms with Crippen LogP contribution in [-0.2, 0) is 6.54 Å². The van der Waals surface area contributed by atoms with Crippen molar-refractivity contribution in [3.05, 3.63) is 95.3 Å². The van der Waals surface area contributed by atoms with Crippen molar-refractivity contribution in [2.45, 2.75) is 39.5 Å². The number of aromatic nitrogens is 2. The van der Waals surface area contributed by atoms with Gasteiger partial charge in [-0.1, -0.05) is 42.0 Å². The smallest absolute Gasteiger partial charge is 0.251 e. The van der Waals surface area contributed by atoms with E-state index < -0.39 is 6.10 Å². The Morgan fingerprint density at radius 1 is 1.03 bits per heavy atom. The molecule has 2 unspecified atom stereocenters. The fraction of sp³-hybridized carbons (Fsp3) is 0.259. The number of imidazole rings is 1. The molecule has 4 aromatic rings. The van der Waals surface area contributed by atoms with Crippen LogP contribution in [0.1, 0.15) is 40.3 Å². The maximum absolute atomic E-state index is 12.8. The summed E-state index contributed by atoms with van der Waals surface area (Å²) in [6, 6.07) is 22.6. The minimum atomic E-state index is -0.748. The highest BCUT2D eigenvalue weighted by molar-refractivity contribution is 5.94. The quantitative estimate of drug-likeness (QED) is 0.418. The zero-order valence-corrected chi connectivity index (χ0v) is 19.2. The zero-order chi connectivity index (χ0) is 23.4. The fourth-order valence-electron chi connectivity index (χ4n) is 3.83. The van der Waals surface area contributed by atoms with Gasteiger partial charge in [0.25, 0.3) is 5.91 Å². The summed E-state index contributed by atoms with van der Waals surface area (Å²) in [6.07, 6.45) is -0.748. The summed E-state index contributed by atoms with van der Waals surface area (Å²) in [5, 5.41) is 13.8. The molecule has 4 rings (SSSR count). The Kier molecular flexibility index (Phi) is 6.75. The summed E-state index contributed by atoms with van der Waals surface area (Å²) in [6.45, 7) is 6.34. The lowest BCUT2D eigenvalue weighted by atomic mass is 10.1. The Hall–Kier alpha value is -3.64. The second kappa shape index (κ2) is 9.88. The number of benzene rings is 3. The SMILES string of the molecule is Cc1ccc(C(=O)NC(C)c2nc3ccccc3n2CC(O)COc2cccc(C)c2)cc1. The Morgan fingerprint density at radius 2 is 1.79 bits per heavy atom. The van der Waals surface area contributed by atoms with Gasteiger partial charge in [0.15, 0.2) is 0 Å². The molecule has 170 valence electrons. The minimum Gasteiger partial charge on any atom is -0.491 e. The molecule has 2 atom stereocenters. The van der Waals surface area contributed by atoms with Crippen LogP contribution in [0, 0.1) is 13.8 Å². The van der Waals surface area contributed by atoms with E-state index in [4.69, 9.17) is 9.72 Å². The van der Waals surface area contributed by atoms with Gasteiger partial charge in [-0.2, -0.15) is 0 Å². The van der Waals surface area contributed by atoms with E-state index in [2.05, 4.69) is 5.32 Å².